The first-order valence-electron chi connectivity index (χ1n) is 10.3. The second-order valence-corrected chi connectivity index (χ2v) is 8.22. The lowest BCUT2D eigenvalue weighted by Crippen LogP contribution is -2.26. The van der Waals surface area contributed by atoms with E-state index in [0.717, 1.165) is 27.8 Å². The number of carbonyl (C=O) groups excluding carboxylic acids is 1. The molecule has 0 saturated heterocycles. The first-order chi connectivity index (χ1) is 14.7. The summed E-state index contributed by atoms with van der Waals surface area (Å²) in [5, 5.41) is 10.1. The maximum atomic E-state index is 13.6. The molecule has 3 aromatic carbocycles. The fraction of sp³-hybridized carbons (Fsp3) is 0.269. The average Bonchev–Trinajstić information content (AvgIpc) is 2.69. The topological polar surface area (TPSA) is 72.5 Å². The summed E-state index contributed by atoms with van der Waals surface area (Å²) in [6.45, 7) is 8.07. The summed E-state index contributed by atoms with van der Waals surface area (Å²) >= 11 is 0. The number of hydrogen-bond acceptors (Lipinski definition) is 3. The molecule has 5 heteroatoms. The number of ether oxygens (including phenoxy) is 1. The molecule has 3 aromatic rings. The number of hydrogen-bond donors (Lipinski definition) is 2. The maximum absolute atomic E-state index is 13.6. The fourth-order valence-electron chi connectivity index (χ4n) is 3.78. The molecule has 0 fully saturated rings. The quantitative estimate of drug-likeness (QED) is 0.531. The fourth-order valence-corrected chi connectivity index (χ4v) is 3.78. The largest absolute Gasteiger partial charge is 0.508 e. The van der Waals surface area contributed by atoms with Gasteiger partial charge in [-0.05, 0) is 84.3 Å². The normalized spacial score (nSPS) is 12.1. The van der Waals surface area contributed by atoms with E-state index in [9.17, 15) is 14.3 Å². The van der Waals surface area contributed by atoms with Crippen molar-refractivity contribution in [2.45, 2.75) is 46.1 Å². The van der Waals surface area contributed by atoms with Crippen molar-refractivity contribution in [1.82, 2.24) is 0 Å². The van der Waals surface area contributed by atoms with Crippen LogP contribution in [0.3, 0.4) is 0 Å². The van der Waals surface area contributed by atoms with Gasteiger partial charge in [0.1, 0.15) is 17.3 Å². The zero-order valence-electron chi connectivity index (χ0n) is 18.3. The van der Waals surface area contributed by atoms with Crippen LogP contribution >= 0.6 is 0 Å². The Bertz CT molecular complexity index is 1080. The summed E-state index contributed by atoms with van der Waals surface area (Å²) in [6, 6.07) is 15.1. The van der Waals surface area contributed by atoms with Gasteiger partial charge in [-0.25, -0.2) is 4.39 Å². The van der Waals surface area contributed by atoms with E-state index >= 15 is 0 Å². The van der Waals surface area contributed by atoms with Gasteiger partial charge in [-0.3, -0.25) is 4.79 Å². The number of rotatable bonds is 7. The Balaban J connectivity index is 1.88. The molecule has 0 aromatic heterocycles. The Labute approximate surface area is 182 Å². The Morgan fingerprint density at radius 3 is 2.32 bits per heavy atom. The lowest BCUT2D eigenvalue weighted by atomic mass is 9.93. The summed E-state index contributed by atoms with van der Waals surface area (Å²) in [7, 11) is 0. The van der Waals surface area contributed by atoms with E-state index in [1.165, 1.54) is 18.2 Å². The summed E-state index contributed by atoms with van der Waals surface area (Å²) in [5.41, 5.74) is 11.1. The average molecular weight is 422 g/mol. The highest BCUT2D eigenvalue weighted by atomic mass is 19.1. The third-order valence-corrected chi connectivity index (χ3v) is 5.43. The smallest absolute Gasteiger partial charge is 0.263 e. The van der Waals surface area contributed by atoms with E-state index in [1.807, 2.05) is 38.1 Å². The predicted octanol–water partition coefficient (Wildman–Crippen LogP) is 5.47. The van der Waals surface area contributed by atoms with Crippen molar-refractivity contribution in [3.63, 3.8) is 0 Å². The SMILES string of the molecule is Cc1cc(OC(C(N)=O)c2cccc(F)c2)cc(C)c1Cc1ccc(O)c(C(C)C)c1. The minimum Gasteiger partial charge on any atom is -0.508 e. The van der Waals surface area contributed by atoms with Gasteiger partial charge in [-0.2, -0.15) is 0 Å². The van der Waals surface area contributed by atoms with E-state index < -0.39 is 17.8 Å². The minimum absolute atomic E-state index is 0.228. The van der Waals surface area contributed by atoms with E-state index in [4.69, 9.17) is 10.5 Å². The Kier molecular flexibility index (Phi) is 6.64. The number of aryl methyl sites for hydroxylation is 2. The van der Waals surface area contributed by atoms with Crippen LogP contribution in [0.1, 0.15) is 59.3 Å². The van der Waals surface area contributed by atoms with Gasteiger partial charge >= 0.3 is 0 Å². The van der Waals surface area contributed by atoms with Crippen molar-refractivity contribution in [3.8, 4) is 11.5 Å². The molecule has 0 heterocycles. The first kappa shape index (κ1) is 22.3. The van der Waals surface area contributed by atoms with Gasteiger partial charge in [0.2, 0.25) is 6.10 Å². The third kappa shape index (κ3) is 5.23. The van der Waals surface area contributed by atoms with Gasteiger partial charge in [0, 0.05) is 5.56 Å². The second-order valence-electron chi connectivity index (χ2n) is 8.22. The molecule has 1 atom stereocenters. The molecule has 162 valence electrons. The number of primary amides is 1. The summed E-state index contributed by atoms with van der Waals surface area (Å²) in [4.78, 5) is 12.0. The molecule has 0 aliphatic rings. The van der Waals surface area contributed by atoms with Crippen molar-refractivity contribution < 1.29 is 19.0 Å². The highest BCUT2D eigenvalue weighted by Crippen LogP contribution is 2.31. The summed E-state index contributed by atoms with van der Waals surface area (Å²) in [6.07, 6.45) is -0.368. The van der Waals surface area contributed by atoms with Gasteiger partial charge in [-0.15, -0.1) is 0 Å². The Morgan fingerprint density at radius 1 is 1.06 bits per heavy atom. The molecular formula is C26H28FNO3. The zero-order valence-corrected chi connectivity index (χ0v) is 18.3. The minimum atomic E-state index is -1.08. The van der Waals surface area contributed by atoms with Crippen molar-refractivity contribution in [2.24, 2.45) is 5.73 Å². The third-order valence-electron chi connectivity index (χ3n) is 5.43. The number of phenols is 1. The van der Waals surface area contributed by atoms with Crippen molar-refractivity contribution in [3.05, 3.63) is 93.8 Å². The van der Waals surface area contributed by atoms with Crippen LogP contribution in [0.15, 0.2) is 54.6 Å². The van der Waals surface area contributed by atoms with Gasteiger partial charge < -0.3 is 15.6 Å². The van der Waals surface area contributed by atoms with Crippen LogP contribution in [0.25, 0.3) is 0 Å². The van der Waals surface area contributed by atoms with Crippen LogP contribution in [-0.2, 0) is 11.2 Å². The Morgan fingerprint density at radius 2 is 1.74 bits per heavy atom. The van der Waals surface area contributed by atoms with Gasteiger partial charge in [-0.1, -0.05) is 38.1 Å². The molecule has 0 radical (unpaired) electrons. The predicted molar refractivity (Wildman–Crippen MR) is 120 cm³/mol. The number of nitrogens with two attached hydrogens (primary N) is 1. The molecular weight excluding hydrogens is 393 g/mol. The van der Waals surface area contributed by atoms with Crippen LogP contribution in [0.2, 0.25) is 0 Å². The monoisotopic (exact) mass is 421 g/mol. The molecule has 31 heavy (non-hydrogen) atoms. The van der Waals surface area contributed by atoms with Gasteiger partial charge in [0.25, 0.3) is 5.91 Å². The highest BCUT2D eigenvalue weighted by Gasteiger charge is 2.21. The molecule has 3 rings (SSSR count). The van der Waals surface area contributed by atoms with Crippen LogP contribution in [0.4, 0.5) is 4.39 Å². The number of amides is 1. The number of halogens is 1. The standard InChI is InChI=1S/C26H28FNO3/c1-15(2)22-12-18(8-9-24(22)29)13-23-16(3)10-21(11-17(23)4)31-25(26(28)30)19-6-5-7-20(27)14-19/h5-12,14-15,25,29H,13H2,1-4H3,(H2,28,30). The van der Waals surface area contributed by atoms with Crippen LogP contribution in [-0.4, -0.2) is 11.0 Å². The first-order valence-corrected chi connectivity index (χ1v) is 10.3. The molecule has 0 spiro atoms. The summed E-state index contributed by atoms with van der Waals surface area (Å²) < 4.78 is 19.5. The maximum Gasteiger partial charge on any atom is 0.263 e. The van der Waals surface area contributed by atoms with Crippen molar-refractivity contribution >= 4 is 5.91 Å². The number of benzene rings is 3. The highest BCUT2D eigenvalue weighted by molar-refractivity contribution is 5.80. The van der Waals surface area contributed by atoms with Crippen molar-refractivity contribution in [2.75, 3.05) is 0 Å². The van der Waals surface area contributed by atoms with Crippen LogP contribution < -0.4 is 10.5 Å². The second kappa shape index (κ2) is 9.21. The van der Waals surface area contributed by atoms with Crippen LogP contribution in [0, 0.1) is 19.7 Å². The number of aromatic hydroxyl groups is 1. The lowest BCUT2D eigenvalue weighted by molar-refractivity contribution is -0.125. The molecule has 0 bridgehead atoms. The van der Waals surface area contributed by atoms with Gasteiger partial charge in [0.15, 0.2) is 0 Å². The molecule has 1 unspecified atom stereocenters. The molecule has 3 N–H and O–H groups in total. The number of carbonyl (C=O) groups is 1. The summed E-state index contributed by atoms with van der Waals surface area (Å²) in [5.74, 6) is -0.0994. The molecule has 0 aliphatic heterocycles. The zero-order chi connectivity index (χ0) is 22.7. The van der Waals surface area contributed by atoms with E-state index in [1.54, 1.807) is 12.1 Å². The van der Waals surface area contributed by atoms with E-state index in [2.05, 4.69) is 13.8 Å². The molecule has 4 nitrogen and oxygen atoms in total. The van der Waals surface area contributed by atoms with Crippen LogP contribution in [0.5, 0.6) is 11.5 Å². The lowest BCUT2D eigenvalue weighted by Gasteiger charge is -2.19. The molecule has 0 aliphatic carbocycles. The molecule has 1 amide bonds. The van der Waals surface area contributed by atoms with E-state index in [0.29, 0.717) is 23.5 Å². The number of phenolic OH excluding ortho intramolecular Hbond substituents is 1. The van der Waals surface area contributed by atoms with Gasteiger partial charge in [0.05, 0.1) is 0 Å². The molecule has 0 saturated carbocycles. The van der Waals surface area contributed by atoms with E-state index in [-0.39, 0.29) is 5.92 Å². The Hall–Kier alpha value is -3.34. The van der Waals surface area contributed by atoms with Crippen molar-refractivity contribution in [1.29, 1.82) is 0 Å².